The van der Waals surface area contributed by atoms with E-state index < -0.39 is 9.84 Å². The van der Waals surface area contributed by atoms with Gasteiger partial charge in [-0.25, -0.2) is 12.8 Å². The average Bonchev–Trinajstić information content (AvgIpc) is 2.51. The third-order valence-corrected chi connectivity index (χ3v) is 4.39. The van der Waals surface area contributed by atoms with Gasteiger partial charge in [-0.05, 0) is 60.7 Å². The predicted octanol–water partition coefficient (Wildman–Crippen LogP) is 5.68. The Balaban J connectivity index is 0.000000400. The highest BCUT2D eigenvalue weighted by Crippen LogP contribution is 2.19. The maximum Gasteiger partial charge on any atom is 0.175 e. The van der Waals surface area contributed by atoms with E-state index in [4.69, 9.17) is 0 Å². The quantitative estimate of drug-likeness (QED) is 0.696. The second-order valence-corrected chi connectivity index (χ2v) is 7.76. The molecule has 4 heteroatoms. The van der Waals surface area contributed by atoms with Gasteiger partial charge in [-0.3, -0.25) is 0 Å². The summed E-state index contributed by atoms with van der Waals surface area (Å²) in [5, 5.41) is 0. The summed E-state index contributed by atoms with van der Waals surface area (Å²) in [7, 11) is -3.03. The topological polar surface area (TPSA) is 34.1 Å². The van der Waals surface area contributed by atoms with Gasteiger partial charge in [0.15, 0.2) is 9.84 Å². The van der Waals surface area contributed by atoms with Crippen LogP contribution in [-0.2, 0) is 9.84 Å². The van der Waals surface area contributed by atoms with Gasteiger partial charge in [0.25, 0.3) is 0 Å². The Labute approximate surface area is 146 Å². The lowest BCUT2D eigenvalue weighted by molar-refractivity contribution is 0.602. The number of sulfone groups is 1. The van der Waals surface area contributed by atoms with Crippen LogP contribution in [0, 0.1) is 19.7 Å². The molecule has 0 aliphatic rings. The number of rotatable bonds is 2. The minimum absolute atomic E-state index is 0.140. The van der Waals surface area contributed by atoms with Crippen LogP contribution in [0.3, 0.4) is 0 Å². The zero-order valence-electron chi connectivity index (χ0n) is 15.7. The van der Waals surface area contributed by atoms with E-state index >= 15 is 0 Å². The van der Waals surface area contributed by atoms with E-state index in [-0.39, 0.29) is 5.82 Å². The molecule has 0 N–H and O–H groups in total. The van der Waals surface area contributed by atoms with E-state index in [2.05, 4.69) is 13.8 Å². The van der Waals surface area contributed by atoms with Crippen molar-refractivity contribution >= 4 is 9.84 Å². The molecule has 0 unspecified atom stereocenters. The SMILES string of the molecule is CC.Cc1ccc(F)cc1C(C)C.Cc1cccc(S(C)(=O)=O)c1. The Kier molecular flexibility index (Phi) is 9.52. The molecule has 2 aromatic carbocycles. The summed E-state index contributed by atoms with van der Waals surface area (Å²) in [6.07, 6.45) is 1.21. The molecule has 0 atom stereocenters. The maximum absolute atomic E-state index is 12.7. The molecule has 0 heterocycles. The van der Waals surface area contributed by atoms with E-state index in [1.807, 2.05) is 39.8 Å². The Morgan fingerprint density at radius 1 is 0.958 bits per heavy atom. The van der Waals surface area contributed by atoms with Crippen molar-refractivity contribution in [3.8, 4) is 0 Å². The third-order valence-electron chi connectivity index (χ3n) is 3.28. The fourth-order valence-corrected chi connectivity index (χ4v) is 2.81. The van der Waals surface area contributed by atoms with Crippen LogP contribution >= 0.6 is 0 Å². The van der Waals surface area contributed by atoms with E-state index in [0.29, 0.717) is 10.8 Å². The number of benzene rings is 2. The second kappa shape index (κ2) is 10.2. The summed E-state index contributed by atoms with van der Waals surface area (Å²) in [5.41, 5.74) is 3.24. The van der Waals surface area contributed by atoms with E-state index in [1.54, 1.807) is 24.3 Å². The molecular weight excluding hydrogens is 323 g/mol. The van der Waals surface area contributed by atoms with Crippen molar-refractivity contribution in [3.63, 3.8) is 0 Å². The molecule has 0 saturated heterocycles. The maximum atomic E-state index is 12.7. The van der Waals surface area contributed by atoms with Crippen molar-refractivity contribution < 1.29 is 12.8 Å². The molecule has 0 fully saturated rings. The summed E-state index contributed by atoms with van der Waals surface area (Å²) < 4.78 is 34.7. The van der Waals surface area contributed by atoms with Gasteiger partial charge in [0, 0.05) is 6.26 Å². The van der Waals surface area contributed by atoms with Crippen LogP contribution in [0.15, 0.2) is 47.4 Å². The van der Waals surface area contributed by atoms with Crippen LogP contribution in [0.1, 0.15) is 50.3 Å². The van der Waals surface area contributed by atoms with Crippen LogP contribution in [0.5, 0.6) is 0 Å². The van der Waals surface area contributed by atoms with Crippen molar-refractivity contribution in [2.75, 3.05) is 6.26 Å². The van der Waals surface area contributed by atoms with Crippen molar-refractivity contribution in [1.29, 1.82) is 0 Å². The second-order valence-electron chi connectivity index (χ2n) is 5.74. The number of aryl methyl sites for hydroxylation is 2. The van der Waals surface area contributed by atoms with Gasteiger partial charge in [-0.2, -0.15) is 0 Å². The van der Waals surface area contributed by atoms with Crippen molar-refractivity contribution in [2.24, 2.45) is 0 Å². The van der Waals surface area contributed by atoms with E-state index in [9.17, 15) is 12.8 Å². The third kappa shape index (κ3) is 7.73. The molecule has 2 rings (SSSR count). The summed E-state index contributed by atoms with van der Waals surface area (Å²) in [4.78, 5) is 0.387. The van der Waals surface area contributed by atoms with E-state index in [1.165, 1.54) is 17.9 Å². The Hall–Kier alpha value is -1.68. The average molecular weight is 353 g/mol. The fourth-order valence-electron chi connectivity index (χ4n) is 2.08. The molecule has 0 saturated carbocycles. The molecular formula is C20H29FO2S. The highest BCUT2D eigenvalue weighted by Gasteiger charge is 2.05. The van der Waals surface area contributed by atoms with E-state index in [0.717, 1.165) is 11.1 Å². The molecule has 0 aliphatic carbocycles. The van der Waals surface area contributed by atoms with Gasteiger partial charge in [-0.15, -0.1) is 0 Å². The first-order valence-electron chi connectivity index (χ1n) is 8.14. The molecule has 0 amide bonds. The summed E-state index contributed by atoms with van der Waals surface area (Å²) in [6.45, 7) is 12.0. The Morgan fingerprint density at radius 3 is 1.92 bits per heavy atom. The molecule has 134 valence electrons. The zero-order chi connectivity index (χ0) is 18.9. The predicted molar refractivity (Wildman–Crippen MR) is 101 cm³/mol. The lowest BCUT2D eigenvalue weighted by atomic mass is 9.98. The van der Waals surface area contributed by atoms with Crippen LogP contribution in [0.4, 0.5) is 4.39 Å². The highest BCUT2D eigenvalue weighted by atomic mass is 32.2. The Morgan fingerprint density at radius 2 is 1.54 bits per heavy atom. The lowest BCUT2D eigenvalue weighted by Gasteiger charge is -2.08. The van der Waals surface area contributed by atoms with Gasteiger partial charge >= 0.3 is 0 Å². The van der Waals surface area contributed by atoms with Crippen LogP contribution in [0.25, 0.3) is 0 Å². The first kappa shape index (κ1) is 22.3. The summed E-state index contributed by atoms with van der Waals surface area (Å²) in [5.74, 6) is 0.269. The molecule has 0 radical (unpaired) electrons. The van der Waals surface area contributed by atoms with Crippen LogP contribution < -0.4 is 0 Å². The molecule has 24 heavy (non-hydrogen) atoms. The zero-order valence-corrected chi connectivity index (χ0v) is 16.5. The molecule has 0 spiro atoms. The summed E-state index contributed by atoms with van der Waals surface area (Å²) in [6, 6.07) is 11.8. The largest absolute Gasteiger partial charge is 0.224 e. The van der Waals surface area contributed by atoms with Gasteiger partial charge in [-0.1, -0.05) is 45.9 Å². The van der Waals surface area contributed by atoms with Gasteiger partial charge in [0.1, 0.15) is 5.82 Å². The number of halogens is 1. The molecule has 0 aliphatic heterocycles. The Bertz CT molecular complexity index is 735. The lowest BCUT2D eigenvalue weighted by Crippen LogP contribution is -1.96. The summed E-state index contributed by atoms with van der Waals surface area (Å²) >= 11 is 0. The monoisotopic (exact) mass is 352 g/mol. The normalized spacial score (nSPS) is 10.4. The fraction of sp³-hybridized carbons (Fsp3) is 0.400. The molecule has 2 aromatic rings. The molecule has 0 aromatic heterocycles. The molecule has 2 nitrogen and oxygen atoms in total. The van der Waals surface area contributed by atoms with Crippen LogP contribution in [0.2, 0.25) is 0 Å². The van der Waals surface area contributed by atoms with Gasteiger partial charge in [0.05, 0.1) is 4.90 Å². The van der Waals surface area contributed by atoms with Crippen molar-refractivity contribution in [3.05, 3.63) is 65.0 Å². The number of hydrogen-bond donors (Lipinski definition) is 0. The standard InChI is InChI=1S/C10H13F.C8H10O2S.C2H6/c1-7(2)10-6-9(11)5-4-8(10)3;1-7-4-3-5-8(6-7)11(2,9)10;1-2/h4-7H,1-3H3;3-6H,1-2H3;1-2H3. The first-order chi connectivity index (χ1) is 11.1. The first-order valence-corrected chi connectivity index (χ1v) is 10.0. The van der Waals surface area contributed by atoms with Crippen molar-refractivity contribution in [2.45, 2.75) is 52.4 Å². The van der Waals surface area contributed by atoms with Gasteiger partial charge in [0.2, 0.25) is 0 Å². The number of hydrogen-bond acceptors (Lipinski definition) is 2. The van der Waals surface area contributed by atoms with Crippen molar-refractivity contribution in [1.82, 2.24) is 0 Å². The minimum atomic E-state index is -3.03. The van der Waals surface area contributed by atoms with Gasteiger partial charge < -0.3 is 0 Å². The van der Waals surface area contributed by atoms with Crippen LogP contribution in [-0.4, -0.2) is 14.7 Å². The highest BCUT2D eigenvalue weighted by molar-refractivity contribution is 7.90. The smallest absolute Gasteiger partial charge is 0.175 e. The minimum Gasteiger partial charge on any atom is -0.224 e. The molecule has 0 bridgehead atoms.